The molecule has 1 atom stereocenters. The summed E-state index contributed by atoms with van der Waals surface area (Å²) in [6.45, 7) is 8.82. The highest BCUT2D eigenvalue weighted by molar-refractivity contribution is 6.04. The molecule has 0 bridgehead atoms. The standard InChI is InChI=1S/C22H33N5O/c1-2-11-26-14-7-10-19(26)22-24-20-17(21(23)28)8-6-9-18(20)27(22)16-15-25-12-4-3-5-13-25/h6,8-9,19H,2-5,7,10-16H2,1H3,(H2,23,28). The fraction of sp³-hybridized carbons (Fsp3) is 0.636. The van der Waals surface area contributed by atoms with Crippen LogP contribution in [0.15, 0.2) is 18.2 Å². The predicted octanol–water partition coefficient (Wildman–Crippen LogP) is 3.17. The van der Waals surface area contributed by atoms with Gasteiger partial charge in [0.05, 0.1) is 17.1 Å². The maximum absolute atomic E-state index is 12.0. The summed E-state index contributed by atoms with van der Waals surface area (Å²) < 4.78 is 2.37. The molecule has 6 heteroatoms. The quantitative estimate of drug-likeness (QED) is 0.797. The molecule has 0 saturated carbocycles. The molecular weight excluding hydrogens is 350 g/mol. The number of fused-ring (bicyclic) bond motifs is 1. The first-order valence-electron chi connectivity index (χ1n) is 10.9. The van der Waals surface area contributed by atoms with Gasteiger partial charge in [0.2, 0.25) is 0 Å². The summed E-state index contributed by atoms with van der Waals surface area (Å²) in [5.74, 6) is 0.723. The van der Waals surface area contributed by atoms with E-state index < -0.39 is 5.91 Å². The van der Waals surface area contributed by atoms with Gasteiger partial charge in [-0.05, 0) is 70.4 Å². The van der Waals surface area contributed by atoms with Crippen molar-refractivity contribution in [2.24, 2.45) is 5.73 Å². The summed E-state index contributed by atoms with van der Waals surface area (Å²) in [6.07, 6.45) is 7.46. The van der Waals surface area contributed by atoms with E-state index in [2.05, 4.69) is 27.4 Å². The Kier molecular flexibility index (Phi) is 5.97. The van der Waals surface area contributed by atoms with E-state index in [-0.39, 0.29) is 0 Å². The molecule has 3 heterocycles. The highest BCUT2D eigenvalue weighted by Gasteiger charge is 2.30. The number of carbonyl (C=O) groups is 1. The zero-order valence-corrected chi connectivity index (χ0v) is 17.1. The molecular formula is C22H33N5O. The van der Waals surface area contributed by atoms with Crippen molar-refractivity contribution in [1.29, 1.82) is 0 Å². The Balaban J connectivity index is 1.71. The Morgan fingerprint density at radius 2 is 1.93 bits per heavy atom. The highest BCUT2D eigenvalue weighted by Crippen LogP contribution is 2.34. The van der Waals surface area contributed by atoms with E-state index in [0.717, 1.165) is 55.9 Å². The minimum atomic E-state index is -0.394. The van der Waals surface area contributed by atoms with Crippen LogP contribution in [0.3, 0.4) is 0 Å². The van der Waals surface area contributed by atoms with Crippen LogP contribution in [0.5, 0.6) is 0 Å². The Hall–Kier alpha value is -1.92. The van der Waals surface area contributed by atoms with Crippen molar-refractivity contribution < 1.29 is 4.79 Å². The first-order valence-corrected chi connectivity index (χ1v) is 10.9. The number of imidazole rings is 1. The lowest BCUT2D eigenvalue weighted by Gasteiger charge is -2.28. The van der Waals surface area contributed by atoms with Gasteiger partial charge >= 0.3 is 0 Å². The van der Waals surface area contributed by atoms with E-state index in [1.807, 2.05) is 6.07 Å². The second kappa shape index (κ2) is 8.62. The summed E-state index contributed by atoms with van der Waals surface area (Å²) in [4.78, 5) is 22.1. The van der Waals surface area contributed by atoms with Crippen LogP contribution < -0.4 is 5.73 Å². The number of amides is 1. The van der Waals surface area contributed by atoms with Crippen LogP contribution in [0.2, 0.25) is 0 Å². The maximum atomic E-state index is 12.0. The number of para-hydroxylation sites is 1. The van der Waals surface area contributed by atoms with Crippen LogP contribution in [-0.2, 0) is 6.54 Å². The SMILES string of the molecule is CCCN1CCCC1c1nc2c(C(N)=O)cccc2n1CCN1CCCCC1. The van der Waals surface area contributed by atoms with E-state index in [4.69, 9.17) is 10.7 Å². The Labute approximate surface area is 167 Å². The average Bonchev–Trinajstić information content (AvgIpc) is 3.31. The normalized spacial score (nSPS) is 21.5. The molecule has 6 nitrogen and oxygen atoms in total. The van der Waals surface area contributed by atoms with Crippen molar-refractivity contribution in [3.05, 3.63) is 29.6 Å². The Morgan fingerprint density at radius 1 is 1.11 bits per heavy atom. The van der Waals surface area contributed by atoms with Crippen LogP contribution in [0.4, 0.5) is 0 Å². The number of primary amides is 1. The number of nitrogens with two attached hydrogens (primary N) is 1. The van der Waals surface area contributed by atoms with Gasteiger partial charge in [-0.1, -0.05) is 19.4 Å². The number of nitrogens with zero attached hydrogens (tertiary/aromatic N) is 4. The van der Waals surface area contributed by atoms with Crippen molar-refractivity contribution in [3.63, 3.8) is 0 Å². The first-order chi connectivity index (χ1) is 13.7. The van der Waals surface area contributed by atoms with Gasteiger partial charge in [-0.25, -0.2) is 4.98 Å². The molecule has 28 heavy (non-hydrogen) atoms. The van der Waals surface area contributed by atoms with Gasteiger partial charge in [0.1, 0.15) is 11.3 Å². The lowest BCUT2D eigenvalue weighted by Crippen LogP contribution is -2.33. The van der Waals surface area contributed by atoms with Gasteiger partial charge < -0.3 is 15.2 Å². The highest BCUT2D eigenvalue weighted by atomic mass is 16.1. The number of carbonyl (C=O) groups excluding carboxylic acids is 1. The van der Waals surface area contributed by atoms with Gasteiger partial charge in [-0.3, -0.25) is 9.69 Å². The molecule has 2 aliphatic rings. The summed E-state index contributed by atoms with van der Waals surface area (Å²) in [5.41, 5.74) is 8.01. The molecule has 152 valence electrons. The molecule has 1 amide bonds. The van der Waals surface area contributed by atoms with Crippen LogP contribution in [-0.4, -0.2) is 58.0 Å². The molecule has 1 unspecified atom stereocenters. The van der Waals surface area contributed by atoms with Gasteiger partial charge in [0, 0.05) is 13.1 Å². The third-order valence-corrected chi connectivity index (χ3v) is 6.33. The van der Waals surface area contributed by atoms with Gasteiger partial charge in [-0.15, -0.1) is 0 Å². The predicted molar refractivity (Wildman–Crippen MR) is 112 cm³/mol. The molecule has 2 saturated heterocycles. The Morgan fingerprint density at radius 3 is 2.68 bits per heavy atom. The summed E-state index contributed by atoms with van der Waals surface area (Å²) in [6, 6.07) is 6.17. The van der Waals surface area contributed by atoms with Crippen molar-refractivity contribution in [1.82, 2.24) is 19.4 Å². The third-order valence-electron chi connectivity index (χ3n) is 6.33. The molecule has 4 rings (SSSR count). The van der Waals surface area contributed by atoms with Gasteiger partial charge in [-0.2, -0.15) is 0 Å². The van der Waals surface area contributed by atoms with Gasteiger partial charge in [0.25, 0.3) is 5.91 Å². The van der Waals surface area contributed by atoms with Crippen molar-refractivity contribution in [2.75, 3.05) is 32.7 Å². The van der Waals surface area contributed by atoms with Crippen LogP contribution in [0.25, 0.3) is 11.0 Å². The van der Waals surface area contributed by atoms with Crippen LogP contribution in [0, 0.1) is 0 Å². The summed E-state index contributed by atoms with van der Waals surface area (Å²) in [7, 11) is 0. The molecule has 2 N–H and O–H groups in total. The summed E-state index contributed by atoms with van der Waals surface area (Å²) >= 11 is 0. The number of aromatic nitrogens is 2. The van der Waals surface area contributed by atoms with E-state index in [1.54, 1.807) is 6.07 Å². The smallest absolute Gasteiger partial charge is 0.250 e. The molecule has 2 fully saturated rings. The van der Waals surface area contributed by atoms with Gasteiger partial charge in [0.15, 0.2) is 0 Å². The Bertz CT molecular complexity index is 824. The molecule has 0 spiro atoms. The monoisotopic (exact) mass is 383 g/mol. The number of benzene rings is 1. The zero-order chi connectivity index (χ0) is 19.5. The molecule has 1 aromatic carbocycles. The number of rotatable bonds is 7. The fourth-order valence-corrected chi connectivity index (χ4v) is 4.95. The van der Waals surface area contributed by atoms with E-state index in [1.165, 1.54) is 38.8 Å². The third kappa shape index (κ3) is 3.80. The number of hydrogen-bond donors (Lipinski definition) is 1. The fourth-order valence-electron chi connectivity index (χ4n) is 4.95. The van der Waals surface area contributed by atoms with Crippen molar-refractivity contribution in [3.8, 4) is 0 Å². The zero-order valence-electron chi connectivity index (χ0n) is 17.1. The van der Waals surface area contributed by atoms with E-state index in [0.29, 0.717) is 11.6 Å². The number of likely N-dealkylation sites (tertiary alicyclic amines) is 2. The molecule has 0 aliphatic carbocycles. The molecule has 2 aliphatic heterocycles. The second-order valence-electron chi connectivity index (χ2n) is 8.26. The van der Waals surface area contributed by atoms with Crippen molar-refractivity contribution in [2.45, 2.75) is 58.0 Å². The number of piperidine rings is 1. The lowest BCUT2D eigenvalue weighted by atomic mass is 10.1. The largest absolute Gasteiger partial charge is 0.366 e. The van der Waals surface area contributed by atoms with Crippen molar-refractivity contribution >= 4 is 16.9 Å². The average molecular weight is 384 g/mol. The molecule has 2 aromatic rings. The first kappa shape index (κ1) is 19.4. The minimum absolute atomic E-state index is 0.342. The molecule has 0 radical (unpaired) electrons. The molecule has 1 aromatic heterocycles. The second-order valence-corrected chi connectivity index (χ2v) is 8.26. The summed E-state index contributed by atoms with van der Waals surface area (Å²) in [5, 5.41) is 0. The minimum Gasteiger partial charge on any atom is -0.366 e. The lowest BCUT2D eigenvalue weighted by molar-refractivity contribution is 0.100. The van der Waals surface area contributed by atoms with E-state index in [9.17, 15) is 4.79 Å². The van der Waals surface area contributed by atoms with Crippen LogP contribution in [0.1, 0.15) is 67.7 Å². The number of hydrogen-bond acceptors (Lipinski definition) is 4. The maximum Gasteiger partial charge on any atom is 0.250 e. The topological polar surface area (TPSA) is 67.4 Å². The van der Waals surface area contributed by atoms with Crippen LogP contribution >= 0.6 is 0 Å². The van der Waals surface area contributed by atoms with E-state index >= 15 is 0 Å².